The number of carbonyl (C=O) groups excluding carboxylic acids is 2. The Balaban J connectivity index is 1.36. The summed E-state index contributed by atoms with van der Waals surface area (Å²) >= 11 is 2.98. The number of nitrogens with one attached hydrogen (secondary N) is 1. The number of nitriles is 1. The molecule has 1 aliphatic carbocycles. The second kappa shape index (κ2) is 9.64. The molecule has 1 aliphatic heterocycles. The first-order valence-corrected chi connectivity index (χ1v) is 11.9. The molecule has 162 valence electrons. The molecule has 2 aromatic heterocycles. The molecule has 0 spiro atoms. The molecule has 2 N–H and O–H groups in total. The van der Waals surface area contributed by atoms with Crippen LogP contribution in [0.1, 0.15) is 33.7 Å². The van der Waals surface area contributed by atoms with E-state index in [1.165, 1.54) is 22.3 Å². The van der Waals surface area contributed by atoms with Crippen molar-refractivity contribution in [3.05, 3.63) is 44.5 Å². The van der Waals surface area contributed by atoms with E-state index in [4.69, 9.17) is 4.74 Å². The molecule has 2 aliphatic rings. The van der Waals surface area contributed by atoms with E-state index in [1.54, 1.807) is 17.4 Å². The van der Waals surface area contributed by atoms with Gasteiger partial charge in [-0.3, -0.25) is 4.79 Å². The summed E-state index contributed by atoms with van der Waals surface area (Å²) in [7, 11) is 0. The van der Waals surface area contributed by atoms with Gasteiger partial charge in [-0.25, -0.2) is 4.79 Å². The fourth-order valence-electron chi connectivity index (χ4n) is 3.89. The smallest absolute Gasteiger partial charge is 0.409 e. The van der Waals surface area contributed by atoms with Crippen molar-refractivity contribution in [1.82, 2.24) is 4.90 Å². The lowest BCUT2D eigenvalue weighted by molar-refractivity contribution is -0.111. The van der Waals surface area contributed by atoms with Gasteiger partial charge >= 0.3 is 6.09 Å². The SMILES string of the molecule is N#Cc1c(NC(=O)C=Cc2cccs2)sc2c1CCC(COC(=O)N1CCC(O)C1)C2. The first-order chi connectivity index (χ1) is 15.0. The summed E-state index contributed by atoms with van der Waals surface area (Å²) in [5.41, 5.74) is 1.54. The molecule has 2 unspecified atom stereocenters. The zero-order chi connectivity index (χ0) is 21.8. The molecular weight excluding hydrogens is 434 g/mol. The van der Waals surface area contributed by atoms with Gasteiger partial charge in [-0.15, -0.1) is 22.7 Å². The minimum Gasteiger partial charge on any atom is -0.449 e. The van der Waals surface area contributed by atoms with E-state index in [1.807, 2.05) is 17.5 Å². The largest absolute Gasteiger partial charge is 0.449 e. The molecule has 3 heterocycles. The van der Waals surface area contributed by atoms with Crippen molar-refractivity contribution < 1.29 is 19.4 Å². The number of thiophene rings is 2. The van der Waals surface area contributed by atoms with E-state index in [9.17, 15) is 20.0 Å². The highest BCUT2D eigenvalue weighted by atomic mass is 32.1. The third-order valence-electron chi connectivity index (χ3n) is 5.52. The Morgan fingerprint density at radius 2 is 2.29 bits per heavy atom. The van der Waals surface area contributed by atoms with E-state index in [-0.39, 0.29) is 17.9 Å². The lowest BCUT2D eigenvalue weighted by Gasteiger charge is -2.23. The number of amides is 2. The number of β-amino-alcohol motifs (C(OH)–C–C–N with tert-alkyl or cyclic N) is 1. The van der Waals surface area contributed by atoms with Crippen LogP contribution >= 0.6 is 22.7 Å². The van der Waals surface area contributed by atoms with Crippen LogP contribution in [0.25, 0.3) is 6.08 Å². The van der Waals surface area contributed by atoms with Gasteiger partial charge in [-0.05, 0) is 54.7 Å². The quantitative estimate of drug-likeness (QED) is 0.668. The van der Waals surface area contributed by atoms with Crippen LogP contribution < -0.4 is 5.32 Å². The Bertz CT molecular complexity index is 1020. The van der Waals surface area contributed by atoms with Crippen LogP contribution in [0.4, 0.5) is 9.80 Å². The highest BCUT2D eigenvalue weighted by Gasteiger charge is 2.29. The van der Waals surface area contributed by atoms with Gasteiger partial charge in [0.1, 0.15) is 11.1 Å². The van der Waals surface area contributed by atoms with Crippen LogP contribution in [0.2, 0.25) is 0 Å². The van der Waals surface area contributed by atoms with Crippen molar-refractivity contribution in [1.29, 1.82) is 5.26 Å². The van der Waals surface area contributed by atoms with Gasteiger partial charge in [-0.2, -0.15) is 5.26 Å². The lowest BCUT2D eigenvalue weighted by Crippen LogP contribution is -2.32. The maximum absolute atomic E-state index is 12.3. The van der Waals surface area contributed by atoms with Gasteiger partial charge in [0.15, 0.2) is 0 Å². The second-order valence-corrected chi connectivity index (χ2v) is 9.82. The molecule has 2 atom stereocenters. The maximum atomic E-state index is 12.3. The van der Waals surface area contributed by atoms with Crippen LogP contribution in [0.3, 0.4) is 0 Å². The first-order valence-electron chi connectivity index (χ1n) is 10.2. The van der Waals surface area contributed by atoms with E-state index >= 15 is 0 Å². The fourth-order valence-corrected chi connectivity index (χ4v) is 5.82. The van der Waals surface area contributed by atoms with Crippen molar-refractivity contribution in [2.45, 2.75) is 31.8 Å². The zero-order valence-electron chi connectivity index (χ0n) is 16.9. The summed E-state index contributed by atoms with van der Waals surface area (Å²) in [5, 5.41) is 24.6. The third-order valence-corrected chi connectivity index (χ3v) is 7.53. The molecule has 4 rings (SSSR count). The number of anilines is 1. The molecule has 1 fully saturated rings. The van der Waals surface area contributed by atoms with Crippen molar-refractivity contribution in [3.63, 3.8) is 0 Å². The van der Waals surface area contributed by atoms with Gasteiger partial charge in [-0.1, -0.05) is 6.07 Å². The molecular formula is C22H23N3O4S2. The Morgan fingerprint density at radius 3 is 3.00 bits per heavy atom. The normalized spacial score (nSPS) is 20.5. The van der Waals surface area contributed by atoms with Crippen LogP contribution in [-0.4, -0.2) is 47.8 Å². The number of likely N-dealkylation sites (tertiary alicyclic amines) is 1. The molecule has 0 aromatic carbocycles. The molecule has 2 amide bonds. The summed E-state index contributed by atoms with van der Waals surface area (Å²) in [6.45, 7) is 1.17. The van der Waals surface area contributed by atoms with Crippen LogP contribution in [-0.2, 0) is 22.4 Å². The van der Waals surface area contributed by atoms with Crippen molar-refractivity contribution in [3.8, 4) is 6.07 Å². The number of hydrogen-bond donors (Lipinski definition) is 2. The standard InChI is InChI=1S/C22H23N3O4S2/c23-11-18-17-5-3-14(13-29-22(28)25-8-7-15(26)12-25)10-19(17)31-21(18)24-20(27)6-4-16-2-1-9-30-16/h1-2,4,6,9,14-15,26H,3,5,7-8,10,12-13H2,(H,24,27). The molecule has 0 bridgehead atoms. The van der Waals surface area contributed by atoms with Crippen molar-refractivity contribution in [2.24, 2.45) is 5.92 Å². The minimum absolute atomic E-state index is 0.177. The Kier molecular flexibility index (Phi) is 6.70. The Labute approximate surface area is 188 Å². The summed E-state index contributed by atoms with van der Waals surface area (Å²) < 4.78 is 5.46. The predicted molar refractivity (Wildman–Crippen MR) is 120 cm³/mol. The monoisotopic (exact) mass is 457 g/mol. The van der Waals surface area contributed by atoms with E-state index in [0.29, 0.717) is 43.1 Å². The number of ether oxygens (including phenoxy) is 1. The number of rotatable bonds is 5. The molecule has 2 aromatic rings. The highest BCUT2D eigenvalue weighted by molar-refractivity contribution is 7.16. The summed E-state index contributed by atoms with van der Waals surface area (Å²) in [6.07, 6.45) is 5.23. The molecule has 9 heteroatoms. The average Bonchev–Trinajstić information content (AvgIpc) is 3.50. The number of fused-ring (bicyclic) bond motifs is 1. The van der Waals surface area contributed by atoms with Crippen molar-refractivity contribution in [2.75, 3.05) is 25.0 Å². The number of nitrogens with zero attached hydrogens (tertiary/aromatic N) is 2. The minimum atomic E-state index is -0.464. The van der Waals surface area contributed by atoms with Gasteiger partial charge in [0, 0.05) is 28.9 Å². The predicted octanol–water partition coefficient (Wildman–Crippen LogP) is 3.64. The highest BCUT2D eigenvalue weighted by Crippen LogP contribution is 2.39. The van der Waals surface area contributed by atoms with Crippen LogP contribution in [0.15, 0.2) is 23.6 Å². The third kappa shape index (κ3) is 5.15. The van der Waals surface area contributed by atoms with E-state index in [0.717, 1.165) is 28.2 Å². The molecule has 31 heavy (non-hydrogen) atoms. The molecule has 7 nitrogen and oxygen atoms in total. The summed E-state index contributed by atoms with van der Waals surface area (Å²) in [5.74, 6) is -0.0850. The number of aliphatic hydroxyl groups excluding tert-OH is 1. The van der Waals surface area contributed by atoms with Gasteiger partial charge in [0.2, 0.25) is 5.91 Å². The van der Waals surface area contributed by atoms with Gasteiger partial charge < -0.3 is 20.1 Å². The Morgan fingerprint density at radius 1 is 1.42 bits per heavy atom. The van der Waals surface area contributed by atoms with Crippen LogP contribution in [0, 0.1) is 17.2 Å². The topological polar surface area (TPSA) is 103 Å². The molecule has 0 saturated carbocycles. The summed E-state index contributed by atoms with van der Waals surface area (Å²) in [4.78, 5) is 28.0. The van der Waals surface area contributed by atoms with Gasteiger partial charge in [0.25, 0.3) is 0 Å². The van der Waals surface area contributed by atoms with Crippen LogP contribution in [0.5, 0.6) is 0 Å². The maximum Gasteiger partial charge on any atom is 0.409 e. The lowest BCUT2D eigenvalue weighted by atomic mass is 9.88. The second-order valence-electron chi connectivity index (χ2n) is 7.73. The van der Waals surface area contributed by atoms with Gasteiger partial charge in [0.05, 0.1) is 18.3 Å². The number of hydrogen-bond acceptors (Lipinski definition) is 7. The van der Waals surface area contributed by atoms with Crippen molar-refractivity contribution >= 4 is 45.8 Å². The first kappa shape index (κ1) is 21.6. The molecule has 1 saturated heterocycles. The summed E-state index contributed by atoms with van der Waals surface area (Å²) in [6, 6.07) is 6.09. The zero-order valence-corrected chi connectivity index (χ0v) is 18.5. The number of carbonyl (C=O) groups is 2. The van der Waals surface area contributed by atoms with E-state index in [2.05, 4.69) is 11.4 Å². The number of aliphatic hydroxyl groups is 1. The molecule has 0 radical (unpaired) electrons. The average molecular weight is 458 g/mol. The van der Waals surface area contributed by atoms with E-state index < -0.39 is 6.10 Å². The fraction of sp³-hybridized carbons (Fsp3) is 0.409. The Hall–Kier alpha value is -2.67.